The molecule has 0 aliphatic rings. The lowest BCUT2D eigenvalue weighted by atomic mass is 10.2. The zero-order valence-corrected chi connectivity index (χ0v) is 11.9. The number of nitrogens with one attached hydrogen (secondary N) is 1. The maximum atomic E-state index is 9.96. The first-order valence-corrected chi connectivity index (χ1v) is 7.06. The second-order valence-electron chi connectivity index (χ2n) is 4.66. The molecule has 98 valence electrons. The van der Waals surface area contributed by atoms with Crippen LogP contribution in [0.2, 0.25) is 0 Å². The average molecular weight is 264 g/mol. The topological polar surface area (TPSA) is 37.2 Å². The smallest absolute Gasteiger partial charge is 0.0922 e. The van der Waals surface area contributed by atoms with Crippen LogP contribution in [0.25, 0.3) is 0 Å². The van der Waals surface area contributed by atoms with Crippen LogP contribution in [-0.4, -0.2) is 16.2 Å². The highest BCUT2D eigenvalue weighted by Gasteiger charge is 2.09. The van der Waals surface area contributed by atoms with E-state index in [2.05, 4.69) is 36.8 Å². The monoisotopic (exact) mass is 264 g/mol. The van der Waals surface area contributed by atoms with Crippen LogP contribution in [-0.2, 0) is 13.6 Å². The summed E-state index contributed by atoms with van der Waals surface area (Å²) in [6.07, 6.45) is -0.415. The van der Waals surface area contributed by atoms with Gasteiger partial charge in [-0.05, 0) is 47.9 Å². The van der Waals surface area contributed by atoms with Gasteiger partial charge in [0.05, 0.1) is 6.10 Å². The van der Waals surface area contributed by atoms with Crippen molar-refractivity contribution in [3.8, 4) is 0 Å². The molecule has 2 rings (SSSR count). The summed E-state index contributed by atoms with van der Waals surface area (Å²) in [7, 11) is 2.08. The van der Waals surface area contributed by atoms with Gasteiger partial charge in [0.1, 0.15) is 0 Å². The van der Waals surface area contributed by atoms with Gasteiger partial charge in [0, 0.05) is 31.5 Å². The molecule has 2 aromatic rings. The first-order chi connectivity index (χ1) is 8.59. The predicted octanol–water partition coefficient (Wildman–Crippen LogP) is 2.53. The van der Waals surface area contributed by atoms with Gasteiger partial charge < -0.3 is 15.0 Å². The molecular formula is C14H20N2OS. The van der Waals surface area contributed by atoms with Gasteiger partial charge in [-0.25, -0.2) is 0 Å². The van der Waals surface area contributed by atoms with E-state index >= 15 is 0 Å². The molecule has 1 atom stereocenters. The summed E-state index contributed by atoms with van der Waals surface area (Å²) in [6, 6.07) is 4.16. The van der Waals surface area contributed by atoms with Crippen molar-refractivity contribution in [1.82, 2.24) is 9.88 Å². The van der Waals surface area contributed by atoms with Crippen LogP contribution in [0.15, 0.2) is 22.9 Å². The Kier molecular flexibility index (Phi) is 4.22. The van der Waals surface area contributed by atoms with Crippen molar-refractivity contribution in [1.29, 1.82) is 0 Å². The first kappa shape index (κ1) is 13.3. The highest BCUT2D eigenvalue weighted by atomic mass is 32.1. The van der Waals surface area contributed by atoms with Crippen LogP contribution >= 0.6 is 11.3 Å². The van der Waals surface area contributed by atoms with Gasteiger partial charge in [0.15, 0.2) is 0 Å². The van der Waals surface area contributed by atoms with Crippen LogP contribution in [0.5, 0.6) is 0 Å². The number of nitrogens with zero attached hydrogens (tertiary/aromatic N) is 1. The Bertz CT molecular complexity index is 502. The van der Waals surface area contributed by atoms with Gasteiger partial charge in [0.25, 0.3) is 0 Å². The van der Waals surface area contributed by atoms with Crippen LogP contribution < -0.4 is 5.32 Å². The zero-order chi connectivity index (χ0) is 13.1. The van der Waals surface area contributed by atoms with E-state index in [0.29, 0.717) is 6.54 Å². The van der Waals surface area contributed by atoms with Crippen molar-refractivity contribution in [3.05, 3.63) is 45.4 Å². The molecule has 2 heterocycles. The Labute approximate surface area is 112 Å². The number of hydrogen-bond acceptors (Lipinski definition) is 3. The van der Waals surface area contributed by atoms with Crippen LogP contribution in [0.1, 0.15) is 28.6 Å². The van der Waals surface area contributed by atoms with Crippen molar-refractivity contribution in [3.63, 3.8) is 0 Å². The van der Waals surface area contributed by atoms with E-state index in [4.69, 9.17) is 0 Å². The molecule has 0 spiro atoms. The van der Waals surface area contributed by atoms with Crippen LogP contribution in [0.4, 0.5) is 0 Å². The molecule has 0 saturated heterocycles. The van der Waals surface area contributed by atoms with Crippen molar-refractivity contribution in [2.75, 3.05) is 6.54 Å². The second-order valence-corrected chi connectivity index (χ2v) is 5.44. The van der Waals surface area contributed by atoms with E-state index in [1.54, 1.807) is 11.3 Å². The van der Waals surface area contributed by atoms with Crippen molar-refractivity contribution in [2.24, 2.45) is 7.05 Å². The van der Waals surface area contributed by atoms with Crippen molar-refractivity contribution in [2.45, 2.75) is 26.5 Å². The maximum absolute atomic E-state index is 9.96. The highest BCUT2D eigenvalue weighted by molar-refractivity contribution is 7.07. The van der Waals surface area contributed by atoms with Gasteiger partial charge in [0.2, 0.25) is 0 Å². The Morgan fingerprint density at radius 1 is 1.44 bits per heavy atom. The van der Waals surface area contributed by atoms with Gasteiger partial charge >= 0.3 is 0 Å². The molecule has 4 heteroatoms. The lowest BCUT2D eigenvalue weighted by Gasteiger charge is -2.10. The third kappa shape index (κ3) is 2.83. The minimum atomic E-state index is -0.415. The molecule has 0 aliphatic carbocycles. The summed E-state index contributed by atoms with van der Waals surface area (Å²) in [6.45, 7) is 5.62. The van der Waals surface area contributed by atoms with Gasteiger partial charge in [-0.15, -0.1) is 0 Å². The number of hydrogen-bond donors (Lipinski definition) is 2. The second kappa shape index (κ2) is 5.69. The van der Waals surface area contributed by atoms with Crippen LogP contribution in [0.3, 0.4) is 0 Å². The number of aliphatic hydroxyl groups excluding tert-OH is 1. The van der Waals surface area contributed by atoms with E-state index in [-0.39, 0.29) is 0 Å². The third-order valence-electron chi connectivity index (χ3n) is 3.46. The van der Waals surface area contributed by atoms with E-state index < -0.39 is 6.10 Å². The number of thiophene rings is 1. The molecule has 2 aromatic heterocycles. The fourth-order valence-corrected chi connectivity index (χ4v) is 2.75. The number of aryl methyl sites for hydroxylation is 1. The quantitative estimate of drug-likeness (QED) is 0.871. The fraction of sp³-hybridized carbons (Fsp3) is 0.429. The summed E-state index contributed by atoms with van der Waals surface area (Å²) in [4.78, 5) is 0. The lowest BCUT2D eigenvalue weighted by Crippen LogP contribution is -2.21. The van der Waals surface area contributed by atoms with Crippen LogP contribution in [0, 0.1) is 13.8 Å². The third-order valence-corrected chi connectivity index (χ3v) is 4.16. The molecule has 3 nitrogen and oxygen atoms in total. The predicted molar refractivity (Wildman–Crippen MR) is 75.9 cm³/mol. The number of aliphatic hydroxyl groups is 1. The molecule has 0 bridgehead atoms. The largest absolute Gasteiger partial charge is 0.387 e. The fourth-order valence-electron chi connectivity index (χ4n) is 2.04. The average Bonchev–Trinajstić information content (AvgIpc) is 2.95. The van der Waals surface area contributed by atoms with E-state index in [9.17, 15) is 5.11 Å². The van der Waals surface area contributed by atoms with Gasteiger partial charge in [-0.3, -0.25) is 0 Å². The highest BCUT2D eigenvalue weighted by Crippen LogP contribution is 2.16. The zero-order valence-electron chi connectivity index (χ0n) is 11.1. The molecule has 18 heavy (non-hydrogen) atoms. The van der Waals surface area contributed by atoms with Crippen molar-refractivity contribution >= 4 is 11.3 Å². The Morgan fingerprint density at radius 2 is 2.22 bits per heavy atom. The van der Waals surface area contributed by atoms with E-state index in [1.807, 2.05) is 16.8 Å². The summed E-state index contributed by atoms with van der Waals surface area (Å²) in [5, 5.41) is 17.2. The summed E-state index contributed by atoms with van der Waals surface area (Å²) in [5.74, 6) is 0. The standard InChI is InChI=1S/C14H20N2OS/c1-10-6-13(11(2)16(10)3)7-15-8-14(17)12-4-5-18-9-12/h4-6,9,14-15,17H,7-8H2,1-3H3. The molecule has 1 unspecified atom stereocenters. The molecule has 0 fully saturated rings. The molecular weight excluding hydrogens is 244 g/mol. The molecule has 0 aromatic carbocycles. The van der Waals surface area contributed by atoms with E-state index in [1.165, 1.54) is 17.0 Å². The SMILES string of the molecule is Cc1cc(CNCC(O)c2ccsc2)c(C)n1C. The number of aromatic nitrogens is 1. The van der Waals surface area contributed by atoms with Gasteiger partial charge in [-0.1, -0.05) is 0 Å². The Balaban J connectivity index is 1.87. The number of rotatable bonds is 5. The molecule has 0 saturated carbocycles. The molecule has 0 amide bonds. The maximum Gasteiger partial charge on any atom is 0.0922 e. The summed E-state index contributed by atoms with van der Waals surface area (Å²) < 4.78 is 2.19. The van der Waals surface area contributed by atoms with Gasteiger partial charge in [-0.2, -0.15) is 11.3 Å². The normalized spacial score (nSPS) is 12.9. The summed E-state index contributed by atoms with van der Waals surface area (Å²) in [5.41, 5.74) is 4.84. The molecule has 2 N–H and O–H groups in total. The Hall–Kier alpha value is -1.10. The first-order valence-electron chi connectivity index (χ1n) is 6.12. The molecule has 0 radical (unpaired) electrons. The Morgan fingerprint density at radius 3 is 2.78 bits per heavy atom. The molecule has 0 aliphatic heterocycles. The minimum Gasteiger partial charge on any atom is -0.387 e. The minimum absolute atomic E-state index is 0.415. The van der Waals surface area contributed by atoms with E-state index in [0.717, 1.165) is 12.1 Å². The van der Waals surface area contributed by atoms with Crippen molar-refractivity contribution < 1.29 is 5.11 Å². The summed E-state index contributed by atoms with van der Waals surface area (Å²) >= 11 is 1.61. The lowest BCUT2D eigenvalue weighted by molar-refractivity contribution is 0.175.